The van der Waals surface area contributed by atoms with Gasteiger partial charge in [0.2, 0.25) is 0 Å². The first-order chi connectivity index (χ1) is 9.10. The molecule has 0 fully saturated rings. The minimum absolute atomic E-state index is 0.536. The zero-order chi connectivity index (χ0) is 13.8. The van der Waals surface area contributed by atoms with E-state index in [9.17, 15) is 0 Å². The number of hydrogen-bond acceptors (Lipinski definition) is 2. The van der Waals surface area contributed by atoms with E-state index in [1.165, 1.54) is 3.57 Å². The van der Waals surface area contributed by atoms with E-state index in [1.54, 1.807) is 7.11 Å². The summed E-state index contributed by atoms with van der Waals surface area (Å²) in [5, 5.41) is 0. The smallest absolute Gasteiger partial charge is 0.135 e. The topological polar surface area (TPSA) is 18.5 Å². The summed E-state index contributed by atoms with van der Waals surface area (Å²) in [5.74, 6) is 1.56. The average molecular weight is 498 g/mol. The number of hydrogen-bond donors (Lipinski definition) is 0. The molecular formula is C14H11Br2IO2. The zero-order valence-electron chi connectivity index (χ0n) is 10.1. The third-order valence-corrected chi connectivity index (χ3v) is 4.47. The van der Waals surface area contributed by atoms with E-state index in [-0.39, 0.29) is 0 Å². The van der Waals surface area contributed by atoms with Gasteiger partial charge in [-0.3, -0.25) is 0 Å². The van der Waals surface area contributed by atoms with Crippen LogP contribution < -0.4 is 9.47 Å². The molecule has 5 heteroatoms. The van der Waals surface area contributed by atoms with Gasteiger partial charge in [0.1, 0.15) is 18.1 Å². The quantitative estimate of drug-likeness (QED) is 0.526. The van der Waals surface area contributed by atoms with Crippen molar-refractivity contribution in [3.05, 3.63) is 54.5 Å². The predicted octanol–water partition coefficient (Wildman–Crippen LogP) is 5.40. The van der Waals surface area contributed by atoms with Gasteiger partial charge in [-0.1, -0.05) is 12.1 Å². The molecule has 0 aliphatic heterocycles. The first-order valence-electron chi connectivity index (χ1n) is 5.50. The van der Waals surface area contributed by atoms with Crippen molar-refractivity contribution >= 4 is 54.5 Å². The Morgan fingerprint density at radius 1 is 1.00 bits per heavy atom. The van der Waals surface area contributed by atoms with Crippen LogP contribution in [0.4, 0.5) is 0 Å². The Morgan fingerprint density at radius 2 is 1.58 bits per heavy atom. The SMILES string of the molecule is COc1cc(Br)c(OCc2ccc(I)cc2)cc1Br. The number of methoxy groups -OCH3 is 1. The molecule has 2 aromatic carbocycles. The van der Waals surface area contributed by atoms with Crippen LogP contribution in [0.5, 0.6) is 11.5 Å². The van der Waals surface area contributed by atoms with Crippen molar-refractivity contribution in [2.45, 2.75) is 6.61 Å². The number of halogens is 3. The lowest BCUT2D eigenvalue weighted by atomic mass is 10.2. The summed E-state index contributed by atoms with van der Waals surface area (Å²) in [6.45, 7) is 0.536. The Balaban J connectivity index is 2.11. The largest absolute Gasteiger partial charge is 0.496 e. The fourth-order valence-corrected chi connectivity index (χ4v) is 2.80. The van der Waals surface area contributed by atoms with E-state index in [0.29, 0.717) is 6.61 Å². The van der Waals surface area contributed by atoms with Gasteiger partial charge in [0.15, 0.2) is 0 Å². The Kier molecular flexibility index (Phi) is 5.53. The minimum atomic E-state index is 0.536. The van der Waals surface area contributed by atoms with Crippen LogP contribution in [0.15, 0.2) is 45.3 Å². The molecule has 0 atom stereocenters. The molecule has 0 unspecified atom stereocenters. The monoisotopic (exact) mass is 496 g/mol. The van der Waals surface area contributed by atoms with Gasteiger partial charge in [-0.05, 0) is 84.3 Å². The molecule has 0 radical (unpaired) electrons. The van der Waals surface area contributed by atoms with E-state index in [2.05, 4.69) is 78.7 Å². The van der Waals surface area contributed by atoms with Crippen LogP contribution >= 0.6 is 54.5 Å². The fourth-order valence-electron chi connectivity index (χ4n) is 1.52. The Morgan fingerprint density at radius 3 is 2.21 bits per heavy atom. The summed E-state index contributed by atoms with van der Waals surface area (Å²) < 4.78 is 14.0. The zero-order valence-corrected chi connectivity index (χ0v) is 15.5. The van der Waals surface area contributed by atoms with Crippen LogP contribution in [0.1, 0.15) is 5.56 Å². The Labute approximate surface area is 142 Å². The van der Waals surface area contributed by atoms with Gasteiger partial charge in [0.05, 0.1) is 16.1 Å². The lowest BCUT2D eigenvalue weighted by molar-refractivity contribution is 0.303. The van der Waals surface area contributed by atoms with Crippen molar-refractivity contribution in [3.63, 3.8) is 0 Å². The van der Waals surface area contributed by atoms with Crippen molar-refractivity contribution in [3.8, 4) is 11.5 Å². The maximum atomic E-state index is 5.81. The highest BCUT2D eigenvalue weighted by Gasteiger charge is 2.08. The van der Waals surface area contributed by atoms with Gasteiger partial charge in [-0.15, -0.1) is 0 Å². The summed E-state index contributed by atoms with van der Waals surface area (Å²) in [7, 11) is 1.64. The molecule has 100 valence electrons. The molecule has 0 N–H and O–H groups in total. The van der Waals surface area contributed by atoms with E-state index < -0.39 is 0 Å². The fraction of sp³-hybridized carbons (Fsp3) is 0.143. The third-order valence-electron chi connectivity index (χ3n) is 2.51. The number of ether oxygens (including phenoxy) is 2. The van der Waals surface area contributed by atoms with Crippen LogP contribution in [0, 0.1) is 3.57 Å². The summed E-state index contributed by atoms with van der Waals surface area (Å²) >= 11 is 9.22. The molecular weight excluding hydrogens is 487 g/mol. The second-order valence-electron chi connectivity index (χ2n) is 3.83. The summed E-state index contributed by atoms with van der Waals surface area (Å²) in [6.07, 6.45) is 0. The molecule has 0 aliphatic carbocycles. The lowest BCUT2D eigenvalue weighted by Crippen LogP contribution is -1.97. The molecule has 19 heavy (non-hydrogen) atoms. The van der Waals surface area contributed by atoms with Crippen molar-refractivity contribution in [2.24, 2.45) is 0 Å². The first-order valence-corrected chi connectivity index (χ1v) is 8.17. The van der Waals surface area contributed by atoms with Gasteiger partial charge in [-0.25, -0.2) is 0 Å². The molecule has 0 spiro atoms. The van der Waals surface area contributed by atoms with Crippen LogP contribution in [-0.4, -0.2) is 7.11 Å². The molecule has 0 amide bonds. The molecule has 0 aromatic heterocycles. The maximum absolute atomic E-state index is 5.81. The van der Waals surface area contributed by atoms with Crippen LogP contribution in [0.3, 0.4) is 0 Å². The van der Waals surface area contributed by atoms with Gasteiger partial charge in [-0.2, -0.15) is 0 Å². The molecule has 0 saturated heterocycles. The normalized spacial score (nSPS) is 10.3. The summed E-state index contributed by atoms with van der Waals surface area (Å²) in [6, 6.07) is 12.0. The molecule has 2 rings (SSSR count). The van der Waals surface area contributed by atoms with Crippen molar-refractivity contribution in [1.29, 1.82) is 0 Å². The molecule has 0 aliphatic rings. The van der Waals surface area contributed by atoms with Gasteiger partial charge in [0.25, 0.3) is 0 Å². The van der Waals surface area contributed by atoms with Crippen molar-refractivity contribution < 1.29 is 9.47 Å². The van der Waals surface area contributed by atoms with E-state index in [1.807, 2.05) is 12.1 Å². The predicted molar refractivity (Wildman–Crippen MR) is 91.9 cm³/mol. The highest BCUT2D eigenvalue weighted by Crippen LogP contribution is 2.36. The summed E-state index contributed by atoms with van der Waals surface area (Å²) in [5.41, 5.74) is 1.14. The van der Waals surface area contributed by atoms with Gasteiger partial charge < -0.3 is 9.47 Å². The molecule has 0 heterocycles. The van der Waals surface area contributed by atoms with Gasteiger partial charge >= 0.3 is 0 Å². The van der Waals surface area contributed by atoms with Crippen molar-refractivity contribution in [1.82, 2.24) is 0 Å². The van der Waals surface area contributed by atoms with E-state index >= 15 is 0 Å². The summed E-state index contributed by atoms with van der Waals surface area (Å²) in [4.78, 5) is 0. The van der Waals surface area contributed by atoms with E-state index in [0.717, 1.165) is 26.0 Å². The van der Waals surface area contributed by atoms with Crippen molar-refractivity contribution in [2.75, 3.05) is 7.11 Å². The first kappa shape index (κ1) is 15.1. The molecule has 2 aromatic rings. The second-order valence-corrected chi connectivity index (χ2v) is 6.79. The third kappa shape index (κ3) is 4.10. The Hall–Kier alpha value is -0.270. The minimum Gasteiger partial charge on any atom is -0.496 e. The maximum Gasteiger partial charge on any atom is 0.135 e. The number of benzene rings is 2. The van der Waals surface area contributed by atoms with Gasteiger partial charge in [0, 0.05) is 3.57 Å². The van der Waals surface area contributed by atoms with Crippen LogP contribution in [0.25, 0.3) is 0 Å². The molecule has 2 nitrogen and oxygen atoms in total. The lowest BCUT2D eigenvalue weighted by Gasteiger charge is -2.11. The average Bonchev–Trinajstić information content (AvgIpc) is 2.41. The van der Waals surface area contributed by atoms with Crippen LogP contribution in [0.2, 0.25) is 0 Å². The van der Waals surface area contributed by atoms with E-state index in [4.69, 9.17) is 9.47 Å². The standard InChI is InChI=1S/C14H11Br2IO2/c1-18-13-6-12(16)14(7-11(13)15)19-8-9-2-4-10(17)5-3-9/h2-7H,8H2,1H3. The highest BCUT2D eigenvalue weighted by atomic mass is 127. The van der Waals surface area contributed by atoms with Crippen LogP contribution in [-0.2, 0) is 6.61 Å². The molecule has 0 bridgehead atoms. The Bertz CT molecular complexity index is 570. The second kappa shape index (κ2) is 6.95. The highest BCUT2D eigenvalue weighted by molar-refractivity contribution is 14.1. The molecule has 0 saturated carbocycles. The number of rotatable bonds is 4.